The normalized spacial score (nSPS) is 11.8. The second-order valence-corrected chi connectivity index (χ2v) is 7.28. The van der Waals surface area contributed by atoms with Crippen LogP contribution in [0.3, 0.4) is 0 Å². The van der Waals surface area contributed by atoms with Gasteiger partial charge in [0.15, 0.2) is 0 Å². The fourth-order valence-electron chi connectivity index (χ4n) is 2.94. The highest BCUT2D eigenvalue weighted by molar-refractivity contribution is 7.10. The first kappa shape index (κ1) is 18.2. The Kier molecular flexibility index (Phi) is 5.74. The summed E-state index contributed by atoms with van der Waals surface area (Å²) in [5.41, 5.74) is 2.98. The van der Waals surface area contributed by atoms with Gasteiger partial charge < -0.3 is 9.64 Å². The summed E-state index contributed by atoms with van der Waals surface area (Å²) < 4.78 is 5.29. The summed E-state index contributed by atoms with van der Waals surface area (Å²) in [7, 11) is 1.61. The molecule has 26 heavy (non-hydrogen) atoms. The minimum Gasteiger partial charge on any atom is -0.497 e. The number of thiophene rings is 1. The van der Waals surface area contributed by atoms with Crippen molar-refractivity contribution in [3.8, 4) is 5.75 Å². The molecular weight excluding hydrogens is 342 g/mol. The van der Waals surface area contributed by atoms with E-state index in [0.29, 0.717) is 17.9 Å². The van der Waals surface area contributed by atoms with Crippen molar-refractivity contribution >= 4 is 17.2 Å². The number of hydrogen-bond acceptors (Lipinski definition) is 3. The molecule has 134 valence electrons. The van der Waals surface area contributed by atoms with Gasteiger partial charge in [0.1, 0.15) is 5.75 Å². The monoisotopic (exact) mass is 365 g/mol. The number of hydrogen-bond donors (Lipinski definition) is 0. The van der Waals surface area contributed by atoms with E-state index in [1.165, 1.54) is 10.4 Å². The largest absolute Gasteiger partial charge is 0.497 e. The molecule has 1 heterocycles. The number of aryl methyl sites for hydroxylation is 1. The van der Waals surface area contributed by atoms with Gasteiger partial charge in [-0.3, -0.25) is 4.79 Å². The minimum atomic E-state index is -0.0311. The summed E-state index contributed by atoms with van der Waals surface area (Å²) in [5, 5.41) is 2.08. The van der Waals surface area contributed by atoms with E-state index < -0.39 is 0 Å². The van der Waals surface area contributed by atoms with Gasteiger partial charge in [0, 0.05) is 10.4 Å². The third-order valence-electron chi connectivity index (χ3n) is 4.61. The zero-order chi connectivity index (χ0) is 18.5. The van der Waals surface area contributed by atoms with Gasteiger partial charge in [-0.05, 0) is 54.6 Å². The van der Waals surface area contributed by atoms with Gasteiger partial charge >= 0.3 is 0 Å². The van der Waals surface area contributed by atoms with E-state index in [1.54, 1.807) is 24.5 Å². The lowest BCUT2D eigenvalue weighted by atomic mass is 10.0. The van der Waals surface area contributed by atoms with Gasteiger partial charge in [-0.1, -0.05) is 36.4 Å². The molecule has 3 nitrogen and oxygen atoms in total. The number of nitrogens with zero attached hydrogens (tertiary/aromatic N) is 1. The molecule has 0 radical (unpaired) electrons. The molecule has 0 saturated heterocycles. The SMILES string of the molecule is COc1cccc(C(=O)N(Cc2sccc2C)C(C)c2ccccc2)c1. The van der Waals surface area contributed by atoms with E-state index in [1.807, 2.05) is 41.3 Å². The number of benzene rings is 2. The van der Waals surface area contributed by atoms with Crippen LogP contribution in [-0.2, 0) is 6.54 Å². The predicted octanol–water partition coefficient (Wildman–Crippen LogP) is 5.47. The fraction of sp³-hybridized carbons (Fsp3) is 0.227. The van der Waals surface area contributed by atoms with E-state index in [9.17, 15) is 4.79 Å². The van der Waals surface area contributed by atoms with Gasteiger partial charge in [0.2, 0.25) is 0 Å². The molecule has 3 aromatic rings. The Hall–Kier alpha value is -2.59. The number of carbonyl (C=O) groups is 1. The summed E-state index contributed by atoms with van der Waals surface area (Å²) >= 11 is 1.69. The maximum absolute atomic E-state index is 13.3. The molecule has 0 aliphatic rings. The Balaban J connectivity index is 1.96. The molecular formula is C22H23NO2S. The van der Waals surface area contributed by atoms with E-state index in [0.717, 1.165) is 5.56 Å². The number of amides is 1. The highest BCUT2D eigenvalue weighted by Crippen LogP contribution is 2.28. The van der Waals surface area contributed by atoms with Crippen molar-refractivity contribution in [1.82, 2.24) is 4.90 Å². The molecule has 0 spiro atoms. The fourth-order valence-corrected chi connectivity index (χ4v) is 3.84. The van der Waals surface area contributed by atoms with Crippen LogP contribution in [0.15, 0.2) is 66.0 Å². The lowest BCUT2D eigenvalue weighted by Gasteiger charge is -2.30. The minimum absolute atomic E-state index is 0.00746. The first-order chi connectivity index (χ1) is 12.6. The first-order valence-corrected chi connectivity index (χ1v) is 9.51. The van der Waals surface area contributed by atoms with E-state index in [2.05, 4.69) is 37.4 Å². The summed E-state index contributed by atoms with van der Waals surface area (Å²) in [4.78, 5) is 16.5. The topological polar surface area (TPSA) is 29.5 Å². The summed E-state index contributed by atoms with van der Waals surface area (Å²) in [6.45, 7) is 4.76. The van der Waals surface area contributed by atoms with Gasteiger partial charge in [-0.15, -0.1) is 11.3 Å². The maximum atomic E-state index is 13.3. The first-order valence-electron chi connectivity index (χ1n) is 8.63. The van der Waals surface area contributed by atoms with Gasteiger partial charge in [-0.25, -0.2) is 0 Å². The van der Waals surface area contributed by atoms with Crippen LogP contribution >= 0.6 is 11.3 Å². The third-order valence-corrected chi connectivity index (χ3v) is 5.62. The van der Waals surface area contributed by atoms with Crippen LogP contribution in [-0.4, -0.2) is 17.9 Å². The van der Waals surface area contributed by atoms with Gasteiger partial charge in [0.05, 0.1) is 19.7 Å². The van der Waals surface area contributed by atoms with Crippen molar-refractivity contribution in [3.05, 3.63) is 87.6 Å². The summed E-state index contributed by atoms with van der Waals surface area (Å²) in [6, 6.07) is 19.6. The molecule has 0 bridgehead atoms. The predicted molar refractivity (Wildman–Crippen MR) is 107 cm³/mol. The van der Waals surface area contributed by atoms with Crippen LogP contribution in [0.5, 0.6) is 5.75 Å². The molecule has 0 saturated carbocycles. The van der Waals surface area contributed by atoms with Gasteiger partial charge in [-0.2, -0.15) is 0 Å². The van der Waals surface area contributed by atoms with Crippen LogP contribution in [0.4, 0.5) is 0 Å². The second kappa shape index (κ2) is 8.19. The molecule has 1 amide bonds. The average molecular weight is 365 g/mol. The number of rotatable bonds is 6. The Labute approximate surface area is 158 Å². The van der Waals surface area contributed by atoms with Crippen molar-refractivity contribution in [2.75, 3.05) is 7.11 Å². The smallest absolute Gasteiger partial charge is 0.254 e. The Morgan fingerprint density at radius 2 is 1.88 bits per heavy atom. The Morgan fingerprint density at radius 3 is 2.54 bits per heavy atom. The van der Waals surface area contributed by atoms with E-state index in [-0.39, 0.29) is 11.9 Å². The lowest BCUT2D eigenvalue weighted by Crippen LogP contribution is -2.33. The van der Waals surface area contributed by atoms with Crippen LogP contribution in [0.2, 0.25) is 0 Å². The molecule has 3 rings (SSSR count). The summed E-state index contributed by atoms with van der Waals surface area (Å²) in [5.74, 6) is 0.698. The number of methoxy groups -OCH3 is 1. The molecule has 1 atom stereocenters. The zero-order valence-electron chi connectivity index (χ0n) is 15.3. The van der Waals surface area contributed by atoms with Crippen molar-refractivity contribution in [1.29, 1.82) is 0 Å². The Bertz CT molecular complexity index is 873. The van der Waals surface area contributed by atoms with E-state index >= 15 is 0 Å². The number of ether oxygens (including phenoxy) is 1. The highest BCUT2D eigenvalue weighted by atomic mass is 32.1. The van der Waals surface area contributed by atoms with Crippen molar-refractivity contribution in [2.45, 2.75) is 26.4 Å². The van der Waals surface area contributed by atoms with Gasteiger partial charge in [0.25, 0.3) is 5.91 Å². The van der Waals surface area contributed by atoms with Crippen molar-refractivity contribution < 1.29 is 9.53 Å². The van der Waals surface area contributed by atoms with Crippen molar-refractivity contribution in [2.24, 2.45) is 0 Å². The van der Waals surface area contributed by atoms with E-state index in [4.69, 9.17) is 4.74 Å². The third kappa shape index (κ3) is 3.97. The Morgan fingerprint density at radius 1 is 1.12 bits per heavy atom. The number of carbonyl (C=O) groups excluding carboxylic acids is 1. The molecule has 0 N–H and O–H groups in total. The molecule has 0 aliphatic carbocycles. The average Bonchev–Trinajstić information content (AvgIpc) is 3.10. The molecule has 0 aliphatic heterocycles. The lowest BCUT2D eigenvalue weighted by molar-refractivity contribution is 0.0675. The van der Waals surface area contributed by atoms with Crippen molar-refractivity contribution in [3.63, 3.8) is 0 Å². The van der Waals surface area contributed by atoms with Crippen LogP contribution in [0.25, 0.3) is 0 Å². The van der Waals surface area contributed by atoms with Crippen LogP contribution in [0, 0.1) is 6.92 Å². The quantitative estimate of drug-likeness (QED) is 0.580. The summed E-state index contributed by atoms with van der Waals surface area (Å²) in [6.07, 6.45) is 0. The molecule has 4 heteroatoms. The molecule has 2 aromatic carbocycles. The standard InChI is InChI=1S/C22H23NO2S/c1-16-12-13-26-21(16)15-23(17(2)18-8-5-4-6-9-18)22(24)19-10-7-11-20(14-19)25-3/h4-14,17H,15H2,1-3H3. The van der Waals surface area contributed by atoms with Crippen LogP contribution < -0.4 is 4.74 Å². The second-order valence-electron chi connectivity index (χ2n) is 6.28. The molecule has 1 unspecified atom stereocenters. The molecule has 0 fully saturated rings. The van der Waals surface area contributed by atoms with Crippen LogP contribution in [0.1, 0.15) is 39.3 Å². The zero-order valence-corrected chi connectivity index (χ0v) is 16.1. The highest BCUT2D eigenvalue weighted by Gasteiger charge is 2.24. The molecule has 1 aromatic heterocycles. The maximum Gasteiger partial charge on any atom is 0.254 e.